The fraction of sp³-hybridized carbons (Fsp3) is 0.364. The average molecular weight is 384 g/mol. The molecule has 0 saturated carbocycles. The molecule has 2 aromatic rings. The molecule has 148 valence electrons. The summed E-state index contributed by atoms with van der Waals surface area (Å²) in [6, 6.07) is 11.7. The zero-order valence-corrected chi connectivity index (χ0v) is 16.3. The molecule has 1 saturated heterocycles. The molecule has 0 unspecified atom stereocenters. The SMILES string of the molecule is Cc1cccc(OCC(=O)N2CCN(C(=O)Cc3ccc(F)cc3)CC2)c1C. The van der Waals surface area contributed by atoms with Crippen LogP contribution in [0.5, 0.6) is 5.75 Å². The Hall–Kier alpha value is -2.89. The topological polar surface area (TPSA) is 49.9 Å². The molecule has 2 aromatic carbocycles. The van der Waals surface area contributed by atoms with Crippen LogP contribution in [0, 0.1) is 19.7 Å². The van der Waals surface area contributed by atoms with E-state index in [0.717, 1.165) is 22.4 Å². The number of ether oxygens (including phenoxy) is 1. The Balaban J connectivity index is 1.46. The lowest BCUT2D eigenvalue weighted by atomic mass is 10.1. The van der Waals surface area contributed by atoms with Crippen LogP contribution in [0.1, 0.15) is 16.7 Å². The third kappa shape index (κ3) is 4.88. The number of hydrogen-bond donors (Lipinski definition) is 0. The Bertz CT molecular complexity index is 843. The van der Waals surface area contributed by atoms with Crippen molar-refractivity contribution in [1.29, 1.82) is 0 Å². The molecule has 0 atom stereocenters. The molecule has 6 heteroatoms. The lowest BCUT2D eigenvalue weighted by Gasteiger charge is -2.34. The molecule has 1 heterocycles. The van der Waals surface area contributed by atoms with Gasteiger partial charge in [0.1, 0.15) is 11.6 Å². The van der Waals surface area contributed by atoms with Crippen LogP contribution in [0.2, 0.25) is 0 Å². The smallest absolute Gasteiger partial charge is 0.260 e. The van der Waals surface area contributed by atoms with Crippen LogP contribution in [0.15, 0.2) is 42.5 Å². The number of amides is 2. The minimum absolute atomic E-state index is 0.00613. The van der Waals surface area contributed by atoms with Gasteiger partial charge in [0, 0.05) is 26.2 Å². The normalized spacial score (nSPS) is 14.1. The summed E-state index contributed by atoms with van der Waals surface area (Å²) in [6.07, 6.45) is 0.240. The zero-order valence-electron chi connectivity index (χ0n) is 16.3. The maximum absolute atomic E-state index is 13.0. The minimum atomic E-state index is -0.314. The van der Waals surface area contributed by atoms with Gasteiger partial charge in [0.25, 0.3) is 5.91 Å². The third-order valence-electron chi connectivity index (χ3n) is 5.16. The summed E-state index contributed by atoms with van der Waals surface area (Å²) in [6.45, 7) is 5.94. The molecule has 2 amide bonds. The summed E-state index contributed by atoms with van der Waals surface area (Å²) in [7, 11) is 0. The number of aryl methyl sites for hydroxylation is 1. The van der Waals surface area contributed by atoms with E-state index in [9.17, 15) is 14.0 Å². The highest BCUT2D eigenvalue weighted by atomic mass is 19.1. The molecule has 0 bridgehead atoms. The fourth-order valence-corrected chi connectivity index (χ4v) is 3.21. The Morgan fingerprint density at radius 2 is 1.54 bits per heavy atom. The zero-order chi connectivity index (χ0) is 20.1. The Morgan fingerprint density at radius 1 is 0.929 bits per heavy atom. The summed E-state index contributed by atoms with van der Waals surface area (Å²) in [5.74, 6) is 0.324. The number of benzene rings is 2. The van der Waals surface area contributed by atoms with E-state index in [1.807, 2.05) is 32.0 Å². The molecule has 28 heavy (non-hydrogen) atoms. The predicted molar refractivity (Wildman–Crippen MR) is 105 cm³/mol. The first-order chi connectivity index (χ1) is 13.4. The first-order valence-corrected chi connectivity index (χ1v) is 9.43. The van der Waals surface area contributed by atoms with Crippen LogP contribution in [0.25, 0.3) is 0 Å². The molecule has 0 spiro atoms. The van der Waals surface area contributed by atoms with Crippen molar-refractivity contribution in [2.45, 2.75) is 20.3 Å². The molecule has 1 aliphatic heterocycles. The molecule has 1 fully saturated rings. The van der Waals surface area contributed by atoms with Gasteiger partial charge in [-0.2, -0.15) is 0 Å². The number of nitrogens with zero attached hydrogens (tertiary/aromatic N) is 2. The van der Waals surface area contributed by atoms with Gasteiger partial charge in [0.15, 0.2) is 6.61 Å². The van der Waals surface area contributed by atoms with Crippen LogP contribution in [0.3, 0.4) is 0 Å². The lowest BCUT2D eigenvalue weighted by Crippen LogP contribution is -2.52. The highest BCUT2D eigenvalue weighted by Gasteiger charge is 2.24. The first kappa shape index (κ1) is 19.9. The van der Waals surface area contributed by atoms with E-state index in [2.05, 4.69) is 0 Å². The fourth-order valence-electron chi connectivity index (χ4n) is 3.21. The van der Waals surface area contributed by atoms with Gasteiger partial charge < -0.3 is 14.5 Å². The molecule has 0 aromatic heterocycles. The van der Waals surface area contributed by atoms with Gasteiger partial charge in [-0.25, -0.2) is 4.39 Å². The van der Waals surface area contributed by atoms with Gasteiger partial charge in [0.05, 0.1) is 6.42 Å². The van der Waals surface area contributed by atoms with Crippen molar-refractivity contribution in [2.75, 3.05) is 32.8 Å². The van der Waals surface area contributed by atoms with Crippen molar-refractivity contribution in [3.05, 3.63) is 65.0 Å². The first-order valence-electron chi connectivity index (χ1n) is 9.43. The van der Waals surface area contributed by atoms with E-state index in [1.54, 1.807) is 21.9 Å². The molecule has 1 aliphatic rings. The second-order valence-electron chi connectivity index (χ2n) is 7.05. The lowest BCUT2D eigenvalue weighted by molar-refractivity contribution is -0.140. The van der Waals surface area contributed by atoms with Crippen LogP contribution >= 0.6 is 0 Å². The summed E-state index contributed by atoms with van der Waals surface area (Å²) in [5, 5.41) is 0. The van der Waals surface area contributed by atoms with E-state index in [1.165, 1.54) is 12.1 Å². The molecular formula is C22H25FN2O3. The van der Waals surface area contributed by atoms with E-state index in [4.69, 9.17) is 4.74 Å². The standard InChI is InChI=1S/C22H25FN2O3/c1-16-4-3-5-20(17(16)2)28-15-22(27)25-12-10-24(11-13-25)21(26)14-18-6-8-19(23)9-7-18/h3-9H,10-15H2,1-2H3. The van der Waals surface area contributed by atoms with Crippen molar-refractivity contribution in [3.8, 4) is 5.75 Å². The van der Waals surface area contributed by atoms with Crippen LogP contribution < -0.4 is 4.74 Å². The third-order valence-corrected chi connectivity index (χ3v) is 5.16. The van der Waals surface area contributed by atoms with Crippen LogP contribution in [0.4, 0.5) is 4.39 Å². The Morgan fingerprint density at radius 3 is 2.18 bits per heavy atom. The average Bonchev–Trinajstić information content (AvgIpc) is 2.70. The number of hydrogen-bond acceptors (Lipinski definition) is 3. The minimum Gasteiger partial charge on any atom is -0.483 e. The van der Waals surface area contributed by atoms with Crippen molar-refractivity contribution in [1.82, 2.24) is 9.80 Å². The van der Waals surface area contributed by atoms with Gasteiger partial charge in [-0.05, 0) is 48.7 Å². The van der Waals surface area contributed by atoms with Crippen molar-refractivity contribution >= 4 is 11.8 Å². The quantitative estimate of drug-likeness (QED) is 0.797. The summed E-state index contributed by atoms with van der Waals surface area (Å²) in [5.41, 5.74) is 2.94. The van der Waals surface area contributed by atoms with Crippen molar-refractivity contribution in [2.24, 2.45) is 0 Å². The number of halogens is 1. The summed E-state index contributed by atoms with van der Waals surface area (Å²) >= 11 is 0. The van der Waals surface area contributed by atoms with E-state index in [0.29, 0.717) is 26.2 Å². The highest BCUT2D eigenvalue weighted by Crippen LogP contribution is 2.20. The summed E-state index contributed by atoms with van der Waals surface area (Å²) in [4.78, 5) is 28.3. The van der Waals surface area contributed by atoms with E-state index >= 15 is 0 Å². The number of carbonyl (C=O) groups is 2. The second kappa shape index (κ2) is 8.87. The molecular weight excluding hydrogens is 359 g/mol. The molecule has 0 aliphatic carbocycles. The highest BCUT2D eigenvalue weighted by molar-refractivity contribution is 5.80. The predicted octanol–water partition coefficient (Wildman–Crippen LogP) is 2.73. The molecule has 0 N–H and O–H groups in total. The largest absolute Gasteiger partial charge is 0.483 e. The number of rotatable bonds is 5. The second-order valence-corrected chi connectivity index (χ2v) is 7.05. The van der Waals surface area contributed by atoms with E-state index in [-0.39, 0.29) is 30.7 Å². The maximum Gasteiger partial charge on any atom is 0.260 e. The van der Waals surface area contributed by atoms with Crippen molar-refractivity contribution in [3.63, 3.8) is 0 Å². The Kier molecular flexibility index (Phi) is 6.29. The van der Waals surface area contributed by atoms with Gasteiger partial charge in [-0.3, -0.25) is 9.59 Å². The van der Waals surface area contributed by atoms with Gasteiger partial charge in [0.2, 0.25) is 5.91 Å². The maximum atomic E-state index is 13.0. The van der Waals surface area contributed by atoms with Gasteiger partial charge in [-0.1, -0.05) is 24.3 Å². The van der Waals surface area contributed by atoms with Crippen LogP contribution in [-0.4, -0.2) is 54.4 Å². The summed E-state index contributed by atoms with van der Waals surface area (Å²) < 4.78 is 18.7. The molecule has 0 radical (unpaired) electrons. The van der Waals surface area contributed by atoms with Crippen molar-refractivity contribution < 1.29 is 18.7 Å². The monoisotopic (exact) mass is 384 g/mol. The van der Waals surface area contributed by atoms with E-state index < -0.39 is 0 Å². The van der Waals surface area contributed by atoms with Gasteiger partial charge in [-0.15, -0.1) is 0 Å². The van der Waals surface area contributed by atoms with Crippen LogP contribution in [-0.2, 0) is 16.0 Å². The Labute approximate surface area is 164 Å². The molecule has 5 nitrogen and oxygen atoms in total. The molecule has 3 rings (SSSR count). The number of piperazine rings is 1. The van der Waals surface area contributed by atoms with Gasteiger partial charge >= 0.3 is 0 Å². The number of carbonyl (C=O) groups excluding carboxylic acids is 2.